The van der Waals surface area contributed by atoms with Gasteiger partial charge >= 0.3 is 0 Å². The quantitative estimate of drug-likeness (QED) is 0.166. The Kier molecular flexibility index (Phi) is 8.12. The summed E-state index contributed by atoms with van der Waals surface area (Å²) >= 11 is 0. The van der Waals surface area contributed by atoms with Crippen LogP contribution >= 0.6 is 0 Å². The normalized spacial score (nSPS) is 11.3. The van der Waals surface area contributed by atoms with Crippen LogP contribution < -0.4 is 0 Å². The fourth-order valence-corrected chi connectivity index (χ4v) is 7.43. The molecule has 0 aliphatic rings. The van der Waals surface area contributed by atoms with Gasteiger partial charge in [-0.2, -0.15) is 0 Å². The molecule has 0 fully saturated rings. The van der Waals surface area contributed by atoms with Crippen LogP contribution in [0.3, 0.4) is 0 Å². The van der Waals surface area contributed by atoms with E-state index in [1.54, 1.807) is 0 Å². The first kappa shape index (κ1) is 32.2. The summed E-state index contributed by atoms with van der Waals surface area (Å²) in [7, 11) is 0. The van der Waals surface area contributed by atoms with Crippen LogP contribution in [-0.2, 0) is 0 Å². The standard InChI is InChI=1S/C51H33N3O/c1-4-15-34(16-5-1)37-21-12-23-39(31-37)40-24-13-25-41(32-40)43-29-30-45(48-47(43)44-27-10-11-28-46(44)55-48)51-53-49(36-19-8-3-9-20-36)52-50(54-51)42-26-14-22-38(33-42)35-17-6-2-7-18-35/h1-33H. The van der Waals surface area contributed by atoms with Gasteiger partial charge in [0.2, 0.25) is 0 Å². The fraction of sp³-hybridized carbons (Fsp3) is 0. The minimum absolute atomic E-state index is 0.552. The van der Waals surface area contributed by atoms with Crippen LogP contribution in [0.25, 0.3) is 101 Å². The number of benzene rings is 8. The zero-order chi connectivity index (χ0) is 36.6. The molecule has 0 saturated carbocycles. The topological polar surface area (TPSA) is 51.8 Å². The smallest absolute Gasteiger partial charge is 0.167 e. The van der Waals surface area contributed by atoms with Gasteiger partial charge in [-0.05, 0) is 74.8 Å². The van der Waals surface area contributed by atoms with Gasteiger partial charge in [-0.3, -0.25) is 0 Å². The van der Waals surface area contributed by atoms with Gasteiger partial charge in [0.1, 0.15) is 11.2 Å². The van der Waals surface area contributed by atoms with E-state index < -0.39 is 0 Å². The molecule has 0 aliphatic heterocycles. The van der Waals surface area contributed by atoms with E-state index in [9.17, 15) is 0 Å². The van der Waals surface area contributed by atoms with Crippen LogP contribution in [0.1, 0.15) is 0 Å². The lowest BCUT2D eigenvalue weighted by Crippen LogP contribution is -2.00. The van der Waals surface area contributed by atoms with Crippen molar-refractivity contribution in [2.45, 2.75) is 0 Å². The lowest BCUT2D eigenvalue weighted by Gasteiger charge is -2.12. The summed E-state index contributed by atoms with van der Waals surface area (Å²) in [5.74, 6) is 1.75. The molecule has 0 amide bonds. The lowest BCUT2D eigenvalue weighted by molar-refractivity contribution is 0.669. The van der Waals surface area contributed by atoms with Crippen LogP contribution in [0.4, 0.5) is 0 Å². The first-order valence-corrected chi connectivity index (χ1v) is 18.4. The Bertz CT molecular complexity index is 2970. The van der Waals surface area contributed by atoms with Crippen molar-refractivity contribution < 1.29 is 4.42 Å². The van der Waals surface area contributed by atoms with Crippen LogP contribution in [0.15, 0.2) is 205 Å². The summed E-state index contributed by atoms with van der Waals surface area (Å²) in [6.07, 6.45) is 0. The maximum Gasteiger partial charge on any atom is 0.167 e. The second kappa shape index (κ2) is 13.8. The summed E-state index contributed by atoms with van der Waals surface area (Å²) in [5.41, 5.74) is 13.3. The molecule has 55 heavy (non-hydrogen) atoms. The molecule has 4 heteroatoms. The number of rotatable bonds is 7. The van der Waals surface area contributed by atoms with Crippen molar-refractivity contribution in [3.05, 3.63) is 200 Å². The maximum absolute atomic E-state index is 6.75. The average molecular weight is 704 g/mol. The zero-order valence-electron chi connectivity index (χ0n) is 29.8. The van der Waals surface area contributed by atoms with Crippen LogP contribution in [0, 0.1) is 0 Å². The molecule has 0 aliphatic carbocycles. The van der Waals surface area contributed by atoms with E-state index in [0.717, 1.165) is 72.0 Å². The van der Waals surface area contributed by atoms with Gasteiger partial charge in [0.05, 0.1) is 5.56 Å². The van der Waals surface area contributed by atoms with Crippen molar-refractivity contribution in [3.63, 3.8) is 0 Å². The lowest BCUT2D eigenvalue weighted by atomic mass is 9.93. The molecule has 0 spiro atoms. The van der Waals surface area contributed by atoms with Crippen LogP contribution in [0.2, 0.25) is 0 Å². The van der Waals surface area contributed by atoms with Crippen molar-refractivity contribution in [1.29, 1.82) is 0 Å². The molecule has 2 heterocycles. The van der Waals surface area contributed by atoms with Crippen molar-refractivity contribution in [2.24, 2.45) is 0 Å². The van der Waals surface area contributed by atoms with E-state index in [1.165, 1.54) is 11.1 Å². The molecule has 0 unspecified atom stereocenters. The molecule has 2 aromatic heterocycles. The molecular formula is C51H33N3O. The van der Waals surface area contributed by atoms with E-state index in [-0.39, 0.29) is 0 Å². The number of furan rings is 1. The predicted octanol–water partition coefficient (Wildman–Crippen LogP) is 13.4. The Balaban J connectivity index is 1.14. The molecule has 0 N–H and O–H groups in total. The fourth-order valence-electron chi connectivity index (χ4n) is 7.43. The predicted molar refractivity (Wildman–Crippen MR) is 225 cm³/mol. The van der Waals surface area contributed by atoms with Gasteiger partial charge < -0.3 is 4.42 Å². The van der Waals surface area contributed by atoms with Gasteiger partial charge in [0, 0.05) is 21.9 Å². The van der Waals surface area contributed by atoms with E-state index in [4.69, 9.17) is 19.4 Å². The average Bonchev–Trinajstić information content (AvgIpc) is 3.67. The third-order valence-corrected chi connectivity index (χ3v) is 10.1. The van der Waals surface area contributed by atoms with E-state index in [0.29, 0.717) is 17.5 Å². The second-order valence-electron chi connectivity index (χ2n) is 13.6. The van der Waals surface area contributed by atoms with Crippen LogP contribution in [-0.4, -0.2) is 15.0 Å². The Morgan fingerprint density at radius 3 is 1.35 bits per heavy atom. The highest BCUT2D eigenvalue weighted by Crippen LogP contribution is 2.42. The molecule has 8 aromatic carbocycles. The summed E-state index contributed by atoms with van der Waals surface area (Å²) in [6, 6.07) is 69.3. The van der Waals surface area contributed by atoms with E-state index in [1.807, 2.05) is 48.5 Å². The molecule has 0 bridgehead atoms. The van der Waals surface area contributed by atoms with Gasteiger partial charge in [-0.25, -0.2) is 15.0 Å². The Morgan fingerprint density at radius 1 is 0.291 bits per heavy atom. The highest BCUT2D eigenvalue weighted by Gasteiger charge is 2.21. The van der Waals surface area contributed by atoms with Gasteiger partial charge in [-0.1, -0.05) is 170 Å². The van der Waals surface area contributed by atoms with E-state index >= 15 is 0 Å². The highest BCUT2D eigenvalue weighted by molar-refractivity contribution is 6.16. The monoisotopic (exact) mass is 703 g/mol. The SMILES string of the molecule is c1ccc(-c2cccc(-c3cccc(-c4ccc(-c5nc(-c6ccccc6)nc(-c6cccc(-c7ccccc7)c6)n5)c5oc6ccccc6c45)c3)c2)cc1. The summed E-state index contributed by atoms with van der Waals surface area (Å²) in [5, 5.41) is 2.07. The molecule has 0 saturated heterocycles. The van der Waals surface area contributed by atoms with Crippen molar-refractivity contribution in [1.82, 2.24) is 15.0 Å². The maximum atomic E-state index is 6.75. The van der Waals surface area contributed by atoms with Gasteiger partial charge in [0.25, 0.3) is 0 Å². The Morgan fingerprint density at radius 2 is 0.709 bits per heavy atom. The van der Waals surface area contributed by atoms with E-state index in [2.05, 4.69) is 152 Å². The van der Waals surface area contributed by atoms with Gasteiger partial charge in [0.15, 0.2) is 17.5 Å². The number of fused-ring (bicyclic) bond motifs is 3. The summed E-state index contributed by atoms with van der Waals surface area (Å²) in [6.45, 7) is 0. The molecule has 0 atom stereocenters. The molecule has 4 nitrogen and oxygen atoms in total. The number of aromatic nitrogens is 3. The third kappa shape index (κ3) is 6.16. The molecule has 10 aromatic rings. The summed E-state index contributed by atoms with van der Waals surface area (Å²) in [4.78, 5) is 15.3. The molecule has 10 rings (SSSR count). The first-order chi connectivity index (χ1) is 27.2. The summed E-state index contributed by atoms with van der Waals surface area (Å²) < 4.78 is 6.75. The first-order valence-electron chi connectivity index (χ1n) is 18.4. The van der Waals surface area contributed by atoms with Gasteiger partial charge in [-0.15, -0.1) is 0 Å². The number of para-hydroxylation sites is 1. The molecule has 258 valence electrons. The Labute approximate surface area is 319 Å². The largest absolute Gasteiger partial charge is 0.455 e. The minimum atomic E-state index is 0.552. The molecular weight excluding hydrogens is 671 g/mol. The highest BCUT2D eigenvalue weighted by atomic mass is 16.3. The van der Waals surface area contributed by atoms with Crippen LogP contribution in [0.5, 0.6) is 0 Å². The number of nitrogens with zero attached hydrogens (tertiary/aromatic N) is 3. The molecule has 0 radical (unpaired) electrons. The van der Waals surface area contributed by atoms with Crippen molar-refractivity contribution >= 4 is 21.9 Å². The third-order valence-electron chi connectivity index (χ3n) is 10.1. The second-order valence-corrected chi connectivity index (χ2v) is 13.6. The Hall–Kier alpha value is -7.43. The minimum Gasteiger partial charge on any atom is -0.455 e. The number of hydrogen-bond acceptors (Lipinski definition) is 4. The zero-order valence-corrected chi connectivity index (χ0v) is 29.8. The number of hydrogen-bond donors (Lipinski definition) is 0. The van der Waals surface area contributed by atoms with Crippen molar-refractivity contribution in [2.75, 3.05) is 0 Å². The van der Waals surface area contributed by atoms with Crippen molar-refractivity contribution in [3.8, 4) is 78.7 Å².